The fourth-order valence-corrected chi connectivity index (χ4v) is 2.30. The Morgan fingerprint density at radius 3 is 2.59 bits per heavy atom. The maximum Gasteiger partial charge on any atom is 0.221 e. The average molecular weight is 255 g/mol. The number of nitrogens with zero attached hydrogens (tertiary/aromatic N) is 2. The molecule has 1 saturated carbocycles. The lowest BCUT2D eigenvalue weighted by Gasteiger charge is -2.23. The lowest BCUT2D eigenvalue weighted by atomic mass is 9.98. The minimum absolute atomic E-state index is 0.304. The number of hydrogen-bond donors (Lipinski definition) is 0. The van der Waals surface area contributed by atoms with Crippen LogP contribution in [0.5, 0.6) is 5.88 Å². The molecule has 1 aromatic rings. The molecule has 0 aromatic carbocycles. The van der Waals surface area contributed by atoms with Crippen LogP contribution < -0.4 is 4.74 Å². The lowest BCUT2D eigenvalue weighted by molar-refractivity contribution is 0.147. The normalized spacial score (nSPS) is 17.1. The molecule has 94 valence electrons. The summed E-state index contributed by atoms with van der Waals surface area (Å²) in [7, 11) is 0. The molecule has 0 N–H and O–H groups in total. The first kappa shape index (κ1) is 12.6. The van der Waals surface area contributed by atoms with Crippen LogP contribution in [0.15, 0.2) is 0 Å². The van der Waals surface area contributed by atoms with Gasteiger partial charge in [-0.15, -0.1) is 0 Å². The van der Waals surface area contributed by atoms with E-state index in [1.165, 1.54) is 19.3 Å². The predicted molar refractivity (Wildman–Crippen MR) is 68.7 cm³/mol. The molecule has 0 bridgehead atoms. The molecule has 1 heterocycles. The molecule has 0 radical (unpaired) electrons. The first-order valence-corrected chi connectivity index (χ1v) is 6.78. The van der Waals surface area contributed by atoms with E-state index in [0.717, 1.165) is 30.7 Å². The van der Waals surface area contributed by atoms with Crippen LogP contribution in [0.4, 0.5) is 0 Å². The van der Waals surface area contributed by atoms with Gasteiger partial charge in [0.2, 0.25) is 5.88 Å². The van der Waals surface area contributed by atoms with Gasteiger partial charge in [0.1, 0.15) is 17.1 Å². The van der Waals surface area contributed by atoms with Crippen molar-refractivity contribution in [2.45, 2.75) is 58.5 Å². The van der Waals surface area contributed by atoms with Crippen molar-refractivity contribution in [2.75, 3.05) is 0 Å². The van der Waals surface area contributed by atoms with Gasteiger partial charge in [0.25, 0.3) is 0 Å². The third-order valence-electron chi connectivity index (χ3n) is 3.23. The second kappa shape index (κ2) is 5.67. The minimum atomic E-state index is 0.304. The van der Waals surface area contributed by atoms with Gasteiger partial charge in [0, 0.05) is 12.0 Å². The molecule has 0 spiro atoms. The molecule has 0 atom stereocenters. The molecule has 1 aliphatic carbocycles. The topological polar surface area (TPSA) is 35.0 Å². The number of halogens is 1. The van der Waals surface area contributed by atoms with E-state index in [9.17, 15) is 0 Å². The van der Waals surface area contributed by atoms with Crippen molar-refractivity contribution >= 4 is 11.6 Å². The number of hydrogen-bond acceptors (Lipinski definition) is 3. The fourth-order valence-electron chi connectivity index (χ4n) is 2.13. The van der Waals surface area contributed by atoms with Gasteiger partial charge in [-0.05, 0) is 32.6 Å². The van der Waals surface area contributed by atoms with E-state index < -0.39 is 0 Å². The van der Waals surface area contributed by atoms with E-state index in [4.69, 9.17) is 16.3 Å². The molecule has 0 saturated heterocycles. The second-order valence-electron chi connectivity index (χ2n) is 4.59. The van der Waals surface area contributed by atoms with Gasteiger partial charge in [-0.3, -0.25) is 0 Å². The smallest absolute Gasteiger partial charge is 0.221 e. The highest BCUT2D eigenvalue weighted by atomic mass is 35.5. The molecule has 0 aliphatic heterocycles. The summed E-state index contributed by atoms with van der Waals surface area (Å²) in [5.74, 6) is 1.43. The Morgan fingerprint density at radius 1 is 1.24 bits per heavy atom. The van der Waals surface area contributed by atoms with E-state index in [0.29, 0.717) is 17.1 Å². The van der Waals surface area contributed by atoms with Crippen LogP contribution in [-0.4, -0.2) is 16.1 Å². The van der Waals surface area contributed by atoms with Gasteiger partial charge in [0.15, 0.2) is 0 Å². The van der Waals surface area contributed by atoms with E-state index in [1.54, 1.807) is 0 Å². The van der Waals surface area contributed by atoms with Crippen LogP contribution in [0, 0.1) is 6.92 Å². The van der Waals surface area contributed by atoms with Crippen molar-refractivity contribution in [2.24, 2.45) is 0 Å². The van der Waals surface area contributed by atoms with Crippen LogP contribution in [0.25, 0.3) is 0 Å². The van der Waals surface area contributed by atoms with Crippen molar-refractivity contribution in [3.8, 4) is 5.88 Å². The van der Waals surface area contributed by atoms with Gasteiger partial charge in [0.05, 0.1) is 0 Å². The Labute approximate surface area is 108 Å². The van der Waals surface area contributed by atoms with Crippen molar-refractivity contribution in [3.63, 3.8) is 0 Å². The summed E-state index contributed by atoms with van der Waals surface area (Å²) in [6, 6.07) is 0. The van der Waals surface area contributed by atoms with Gasteiger partial charge in [-0.25, -0.2) is 4.98 Å². The standard InChI is InChI=1S/C13H19ClN2O/c1-3-11-15-12(14)9(2)13(16-11)17-10-7-5-4-6-8-10/h10H,3-8H2,1-2H3. The van der Waals surface area contributed by atoms with Crippen LogP contribution in [0.3, 0.4) is 0 Å². The molecule has 1 aromatic heterocycles. The molecule has 17 heavy (non-hydrogen) atoms. The zero-order valence-electron chi connectivity index (χ0n) is 10.5. The van der Waals surface area contributed by atoms with Crippen LogP contribution >= 0.6 is 11.6 Å². The van der Waals surface area contributed by atoms with Crippen LogP contribution in [0.1, 0.15) is 50.4 Å². The minimum Gasteiger partial charge on any atom is -0.474 e. The highest BCUT2D eigenvalue weighted by molar-refractivity contribution is 6.30. The van der Waals surface area contributed by atoms with Gasteiger partial charge >= 0.3 is 0 Å². The van der Waals surface area contributed by atoms with E-state index >= 15 is 0 Å². The largest absolute Gasteiger partial charge is 0.474 e. The summed E-state index contributed by atoms with van der Waals surface area (Å²) in [6.07, 6.45) is 7.17. The van der Waals surface area contributed by atoms with Crippen molar-refractivity contribution in [1.29, 1.82) is 0 Å². The SMILES string of the molecule is CCc1nc(Cl)c(C)c(OC2CCCCC2)n1. The van der Waals surface area contributed by atoms with Gasteiger partial charge < -0.3 is 4.74 Å². The average Bonchev–Trinajstić information content (AvgIpc) is 2.36. The highest BCUT2D eigenvalue weighted by Crippen LogP contribution is 2.27. The molecular weight excluding hydrogens is 236 g/mol. The Hall–Kier alpha value is -0.830. The zero-order chi connectivity index (χ0) is 12.3. The Bertz CT molecular complexity index is 389. The summed E-state index contributed by atoms with van der Waals surface area (Å²) in [6.45, 7) is 3.94. The first-order chi connectivity index (χ1) is 8.20. The Morgan fingerprint density at radius 2 is 1.94 bits per heavy atom. The van der Waals surface area contributed by atoms with Crippen molar-refractivity contribution in [3.05, 3.63) is 16.5 Å². The summed E-state index contributed by atoms with van der Waals surface area (Å²) in [5.41, 5.74) is 0.856. The van der Waals surface area contributed by atoms with Crippen molar-refractivity contribution in [1.82, 2.24) is 9.97 Å². The summed E-state index contributed by atoms with van der Waals surface area (Å²) in [5, 5.41) is 0.516. The van der Waals surface area contributed by atoms with Crippen LogP contribution in [0.2, 0.25) is 5.15 Å². The third kappa shape index (κ3) is 3.09. The zero-order valence-corrected chi connectivity index (χ0v) is 11.3. The van der Waals surface area contributed by atoms with E-state index in [2.05, 4.69) is 9.97 Å². The molecule has 0 amide bonds. The fraction of sp³-hybridized carbons (Fsp3) is 0.692. The first-order valence-electron chi connectivity index (χ1n) is 6.40. The molecule has 0 unspecified atom stereocenters. The monoisotopic (exact) mass is 254 g/mol. The quantitative estimate of drug-likeness (QED) is 0.772. The summed E-state index contributed by atoms with van der Waals surface area (Å²) >= 11 is 6.08. The maximum absolute atomic E-state index is 6.08. The molecular formula is C13H19ClN2O. The van der Waals surface area contributed by atoms with Gasteiger partial charge in [-0.2, -0.15) is 4.98 Å². The number of rotatable bonds is 3. The summed E-state index contributed by atoms with van der Waals surface area (Å²) in [4.78, 5) is 8.65. The molecule has 1 aliphatic rings. The van der Waals surface area contributed by atoms with E-state index in [-0.39, 0.29) is 0 Å². The second-order valence-corrected chi connectivity index (χ2v) is 4.95. The van der Waals surface area contributed by atoms with E-state index in [1.807, 2.05) is 13.8 Å². The Kier molecular flexibility index (Phi) is 4.21. The molecule has 4 heteroatoms. The number of aryl methyl sites for hydroxylation is 1. The Balaban J connectivity index is 2.15. The third-order valence-corrected chi connectivity index (χ3v) is 3.60. The predicted octanol–water partition coefficient (Wildman–Crippen LogP) is 3.71. The molecule has 1 fully saturated rings. The lowest BCUT2D eigenvalue weighted by Crippen LogP contribution is -2.21. The maximum atomic E-state index is 6.08. The van der Waals surface area contributed by atoms with Crippen LogP contribution in [-0.2, 0) is 6.42 Å². The number of ether oxygens (including phenoxy) is 1. The highest BCUT2D eigenvalue weighted by Gasteiger charge is 2.18. The molecule has 2 rings (SSSR count). The molecule has 3 nitrogen and oxygen atoms in total. The summed E-state index contributed by atoms with van der Waals surface area (Å²) < 4.78 is 5.97. The van der Waals surface area contributed by atoms with Crippen molar-refractivity contribution < 1.29 is 4.74 Å². The van der Waals surface area contributed by atoms with Gasteiger partial charge in [-0.1, -0.05) is 24.9 Å². The number of aromatic nitrogens is 2.